The maximum absolute atomic E-state index is 5.61. The number of furan rings is 1. The van der Waals surface area contributed by atoms with Crippen molar-refractivity contribution in [3.8, 4) is 5.75 Å². The fraction of sp³-hybridized carbons (Fsp3) is 0.375. The SMILES string of the molecule is COc1ccc(CN(CCCN)Cc2ccco2)cc1. The molecule has 1 aromatic heterocycles. The molecule has 0 saturated heterocycles. The number of ether oxygens (including phenoxy) is 1. The first-order chi connectivity index (χ1) is 9.81. The largest absolute Gasteiger partial charge is 0.497 e. The summed E-state index contributed by atoms with van der Waals surface area (Å²) < 4.78 is 10.6. The maximum atomic E-state index is 5.61. The highest BCUT2D eigenvalue weighted by molar-refractivity contribution is 5.27. The van der Waals surface area contributed by atoms with Crippen molar-refractivity contribution in [3.05, 3.63) is 54.0 Å². The first kappa shape index (κ1) is 14.6. The van der Waals surface area contributed by atoms with Gasteiger partial charge in [-0.15, -0.1) is 0 Å². The lowest BCUT2D eigenvalue weighted by molar-refractivity contribution is 0.234. The first-order valence-electron chi connectivity index (χ1n) is 6.89. The van der Waals surface area contributed by atoms with Gasteiger partial charge in [-0.1, -0.05) is 12.1 Å². The van der Waals surface area contributed by atoms with E-state index in [4.69, 9.17) is 14.9 Å². The predicted octanol–water partition coefficient (Wildman–Crippen LogP) is 2.64. The molecule has 0 aliphatic heterocycles. The number of nitrogens with two attached hydrogens (primary N) is 1. The average Bonchev–Trinajstić information content (AvgIpc) is 2.98. The Morgan fingerprint density at radius 2 is 1.95 bits per heavy atom. The molecule has 0 spiro atoms. The van der Waals surface area contributed by atoms with Crippen LogP contribution in [0.1, 0.15) is 17.7 Å². The van der Waals surface area contributed by atoms with Gasteiger partial charge in [-0.2, -0.15) is 0 Å². The van der Waals surface area contributed by atoms with Crippen LogP contribution < -0.4 is 10.5 Å². The van der Waals surface area contributed by atoms with Crippen molar-refractivity contribution in [1.29, 1.82) is 0 Å². The van der Waals surface area contributed by atoms with E-state index in [1.54, 1.807) is 13.4 Å². The Bertz CT molecular complexity index is 480. The summed E-state index contributed by atoms with van der Waals surface area (Å²) in [7, 11) is 1.68. The number of methoxy groups -OCH3 is 1. The van der Waals surface area contributed by atoms with Crippen molar-refractivity contribution in [2.75, 3.05) is 20.2 Å². The van der Waals surface area contributed by atoms with Gasteiger partial charge in [-0.05, 0) is 42.8 Å². The normalized spacial score (nSPS) is 10.9. The van der Waals surface area contributed by atoms with Crippen molar-refractivity contribution in [2.45, 2.75) is 19.5 Å². The summed E-state index contributed by atoms with van der Waals surface area (Å²) >= 11 is 0. The zero-order chi connectivity index (χ0) is 14.2. The van der Waals surface area contributed by atoms with E-state index in [2.05, 4.69) is 17.0 Å². The molecule has 4 nitrogen and oxygen atoms in total. The smallest absolute Gasteiger partial charge is 0.118 e. The standard InChI is InChI=1S/C16H22N2O2/c1-19-15-7-5-14(6-8-15)12-18(10-3-9-17)13-16-4-2-11-20-16/h2,4-8,11H,3,9-10,12-13,17H2,1H3. The predicted molar refractivity (Wildman–Crippen MR) is 79.5 cm³/mol. The number of hydrogen-bond acceptors (Lipinski definition) is 4. The molecule has 2 aromatic rings. The second kappa shape index (κ2) is 7.72. The van der Waals surface area contributed by atoms with Crippen molar-refractivity contribution in [1.82, 2.24) is 4.90 Å². The zero-order valence-corrected chi connectivity index (χ0v) is 11.9. The van der Waals surface area contributed by atoms with Crippen LogP contribution in [-0.2, 0) is 13.1 Å². The fourth-order valence-electron chi connectivity index (χ4n) is 2.14. The van der Waals surface area contributed by atoms with E-state index < -0.39 is 0 Å². The van der Waals surface area contributed by atoms with E-state index in [-0.39, 0.29) is 0 Å². The molecule has 1 aromatic carbocycles. The lowest BCUT2D eigenvalue weighted by Gasteiger charge is -2.21. The Labute approximate surface area is 120 Å². The van der Waals surface area contributed by atoms with Crippen LogP contribution in [0.5, 0.6) is 5.75 Å². The van der Waals surface area contributed by atoms with Crippen LogP contribution in [0.3, 0.4) is 0 Å². The zero-order valence-electron chi connectivity index (χ0n) is 11.9. The molecular weight excluding hydrogens is 252 g/mol. The summed E-state index contributed by atoms with van der Waals surface area (Å²) in [4.78, 5) is 2.34. The molecule has 2 N–H and O–H groups in total. The van der Waals surface area contributed by atoms with Crippen molar-refractivity contribution in [2.24, 2.45) is 5.73 Å². The van der Waals surface area contributed by atoms with E-state index in [1.807, 2.05) is 24.3 Å². The Morgan fingerprint density at radius 3 is 2.55 bits per heavy atom. The Hall–Kier alpha value is -1.78. The van der Waals surface area contributed by atoms with Gasteiger partial charge in [0.1, 0.15) is 11.5 Å². The topological polar surface area (TPSA) is 51.6 Å². The van der Waals surface area contributed by atoms with Crippen molar-refractivity contribution < 1.29 is 9.15 Å². The summed E-state index contributed by atoms with van der Waals surface area (Å²) in [6, 6.07) is 12.1. The van der Waals surface area contributed by atoms with Crippen LogP contribution in [0, 0.1) is 0 Å². The maximum Gasteiger partial charge on any atom is 0.118 e. The molecule has 20 heavy (non-hydrogen) atoms. The van der Waals surface area contributed by atoms with E-state index in [1.165, 1.54) is 5.56 Å². The second-order valence-corrected chi connectivity index (χ2v) is 4.78. The molecule has 0 unspecified atom stereocenters. The molecule has 0 saturated carbocycles. The third-order valence-corrected chi connectivity index (χ3v) is 3.20. The van der Waals surface area contributed by atoms with Crippen LogP contribution in [0.15, 0.2) is 47.1 Å². The Balaban J connectivity index is 1.98. The van der Waals surface area contributed by atoms with Crippen LogP contribution in [0.25, 0.3) is 0 Å². The van der Waals surface area contributed by atoms with Gasteiger partial charge in [0.05, 0.1) is 19.9 Å². The quantitative estimate of drug-likeness (QED) is 0.804. The first-order valence-corrected chi connectivity index (χ1v) is 6.89. The van der Waals surface area contributed by atoms with Gasteiger partial charge in [0, 0.05) is 13.1 Å². The van der Waals surface area contributed by atoms with Crippen LogP contribution in [0.4, 0.5) is 0 Å². The van der Waals surface area contributed by atoms with Gasteiger partial charge in [-0.25, -0.2) is 0 Å². The van der Waals surface area contributed by atoms with Gasteiger partial charge >= 0.3 is 0 Å². The summed E-state index contributed by atoms with van der Waals surface area (Å²) in [5.41, 5.74) is 6.87. The van der Waals surface area contributed by atoms with Crippen molar-refractivity contribution in [3.63, 3.8) is 0 Å². The van der Waals surface area contributed by atoms with E-state index in [0.717, 1.165) is 37.6 Å². The second-order valence-electron chi connectivity index (χ2n) is 4.78. The highest BCUT2D eigenvalue weighted by atomic mass is 16.5. The molecular formula is C16H22N2O2. The van der Waals surface area contributed by atoms with Crippen LogP contribution in [-0.4, -0.2) is 25.1 Å². The van der Waals surface area contributed by atoms with Gasteiger partial charge in [0.25, 0.3) is 0 Å². The third kappa shape index (κ3) is 4.40. The van der Waals surface area contributed by atoms with Gasteiger partial charge in [0.2, 0.25) is 0 Å². The number of nitrogens with zero attached hydrogens (tertiary/aromatic N) is 1. The van der Waals surface area contributed by atoms with E-state index in [9.17, 15) is 0 Å². The van der Waals surface area contributed by atoms with Gasteiger partial charge < -0.3 is 14.9 Å². The van der Waals surface area contributed by atoms with E-state index >= 15 is 0 Å². The highest BCUT2D eigenvalue weighted by Gasteiger charge is 2.08. The number of benzene rings is 1. The molecule has 0 atom stereocenters. The molecule has 108 valence electrons. The van der Waals surface area contributed by atoms with Gasteiger partial charge in [0.15, 0.2) is 0 Å². The van der Waals surface area contributed by atoms with Crippen molar-refractivity contribution >= 4 is 0 Å². The average molecular weight is 274 g/mol. The third-order valence-electron chi connectivity index (χ3n) is 3.20. The molecule has 0 aliphatic carbocycles. The lowest BCUT2D eigenvalue weighted by atomic mass is 10.2. The molecule has 2 rings (SSSR count). The Kier molecular flexibility index (Phi) is 5.65. The number of rotatable bonds is 8. The lowest BCUT2D eigenvalue weighted by Crippen LogP contribution is -2.25. The molecule has 1 heterocycles. The summed E-state index contributed by atoms with van der Waals surface area (Å²) in [6.07, 6.45) is 2.70. The number of hydrogen-bond donors (Lipinski definition) is 1. The van der Waals surface area contributed by atoms with Crippen LogP contribution in [0.2, 0.25) is 0 Å². The Morgan fingerprint density at radius 1 is 1.15 bits per heavy atom. The molecule has 0 radical (unpaired) electrons. The fourth-order valence-corrected chi connectivity index (χ4v) is 2.14. The summed E-state index contributed by atoms with van der Waals surface area (Å²) in [5, 5.41) is 0. The molecule has 4 heteroatoms. The minimum absolute atomic E-state index is 0.706. The minimum Gasteiger partial charge on any atom is -0.497 e. The molecule has 0 bridgehead atoms. The highest BCUT2D eigenvalue weighted by Crippen LogP contribution is 2.15. The van der Waals surface area contributed by atoms with Gasteiger partial charge in [-0.3, -0.25) is 4.90 Å². The van der Waals surface area contributed by atoms with E-state index in [0.29, 0.717) is 6.54 Å². The molecule has 0 fully saturated rings. The molecule has 0 aliphatic rings. The van der Waals surface area contributed by atoms with Crippen LogP contribution >= 0.6 is 0 Å². The monoisotopic (exact) mass is 274 g/mol. The summed E-state index contributed by atoms with van der Waals surface area (Å²) in [6.45, 7) is 3.35. The minimum atomic E-state index is 0.706. The molecule has 0 amide bonds. The summed E-state index contributed by atoms with van der Waals surface area (Å²) in [5.74, 6) is 1.86.